The summed E-state index contributed by atoms with van der Waals surface area (Å²) in [6.07, 6.45) is 1.05. The number of aliphatic hydroxyl groups excluding tert-OH is 2. The van der Waals surface area contributed by atoms with Crippen molar-refractivity contribution in [2.45, 2.75) is 56.1 Å². The van der Waals surface area contributed by atoms with Crippen LogP contribution in [0, 0.1) is 0 Å². The van der Waals surface area contributed by atoms with Gasteiger partial charge in [-0.05, 0) is 30.5 Å². The number of nitrogens with one attached hydrogen (secondary N) is 1. The molecule has 1 saturated heterocycles. The molecule has 33 heavy (non-hydrogen) atoms. The Balaban J connectivity index is 1.47. The highest BCUT2D eigenvalue weighted by Gasteiger charge is 2.45. The predicted molar refractivity (Wildman–Crippen MR) is 118 cm³/mol. The Morgan fingerprint density at radius 3 is 2.52 bits per heavy atom. The molecule has 12 nitrogen and oxygen atoms in total. The van der Waals surface area contributed by atoms with Crippen molar-refractivity contribution in [3.05, 3.63) is 30.1 Å². The third-order valence-electron chi connectivity index (χ3n) is 5.85. The number of hydrogen-bond donors (Lipinski definition) is 6. The maximum Gasteiger partial charge on any atom is 0.340 e. The summed E-state index contributed by atoms with van der Waals surface area (Å²) >= 11 is 0. The van der Waals surface area contributed by atoms with Gasteiger partial charge in [0.05, 0.1) is 12.1 Å². The van der Waals surface area contributed by atoms with E-state index in [1.54, 1.807) is 18.2 Å². The first-order valence-corrected chi connectivity index (χ1v) is 14.1. The van der Waals surface area contributed by atoms with Crippen LogP contribution in [-0.4, -0.2) is 71.7 Å². The third kappa shape index (κ3) is 5.97. The van der Waals surface area contributed by atoms with E-state index in [0.717, 1.165) is 24.0 Å². The summed E-state index contributed by atoms with van der Waals surface area (Å²) in [7, 11) is -9.40. The fourth-order valence-electron chi connectivity index (χ4n) is 4.26. The van der Waals surface area contributed by atoms with Gasteiger partial charge < -0.3 is 39.5 Å². The van der Waals surface area contributed by atoms with E-state index in [-0.39, 0.29) is 0 Å². The highest BCUT2D eigenvalue weighted by molar-refractivity contribution is 7.70. The van der Waals surface area contributed by atoms with Crippen molar-refractivity contribution in [1.29, 1.82) is 0 Å². The Bertz CT molecular complexity index is 1090. The van der Waals surface area contributed by atoms with Gasteiger partial charge in [-0.2, -0.15) is 0 Å². The van der Waals surface area contributed by atoms with Crippen molar-refractivity contribution in [1.82, 2.24) is 9.97 Å². The van der Waals surface area contributed by atoms with Crippen LogP contribution in [0.25, 0.3) is 10.9 Å². The second-order valence-corrected chi connectivity index (χ2v) is 12.4. The van der Waals surface area contributed by atoms with Gasteiger partial charge in [0, 0.05) is 11.4 Å². The van der Waals surface area contributed by atoms with Gasteiger partial charge in [-0.1, -0.05) is 18.9 Å². The fraction of sp³-hybridized carbons (Fsp3) is 0.579. The lowest BCUT2D eigenvalue weighted by atomic mass is 10.0. The molecule has 4 rings (SSSR count). The number of hydrogen-bond acceptors (Lipinski definition) is 9. The molecule has 0 bridgehead atoms. The van der Waals surface area contributed by atoms with E-state index < -0.39 is 52.1 Å². The Morgan fingerprint density at radius 1 is 1.09 bits per heavy atom. The van der Waals surface area contributed by atoms with Crippen molar-refractivity contribution in [2.24, 2.45) is 0 Å². The summed E-state index contributed by atoms with van der Waals surface area (Å²) in [4.78, 5) is 36.0. The minimum atomic E-state index is -4.78. The molecule has 1 aromatic heterocycles. The average Bonchev–Trinajstić information content (AvgIpc) is 3.33. The molecule has 182 valence electrons. The lowest BCUT2D eigenvalue weighted by molar-refractivity contribution is -0.0186. The molecule has 1 aliphatic heterocycles. The van der Waals surface area contributed by atoms with Gasteiger partial charge in [0.15, 0.2) is 5.90 Å². The summed E-state index contributed by atoms with van der Waals surface area (Å²) in [5, 5.41) is 25.1. The molecule has 0 radical (unpaired) electrons. The highest BCUT2D eigenvalue weighted by Crippen LogP contribution is 2.55. The van der Waals surface area contributed by atoms with E-state index in [9.17, 15) is 24.2 Å². The SMILES string of the molecule is O=P(O)(O)CP(=O)(O)OC[C@H]1O[C@@H](c2ccc3c(NC4CCCC4)ncnc3c2)[C@H](O)[C@@H]1O. The zero-order valence-corrected chi connectivity index (χ0v) is 19.4. The van der Waals surface area contributed by atoms with Gasteiger partial charge >= 0.3 is 15.2 Å². The Hall–Kier alpha value is -1.46. The summed E-state index contributed by atoms with van der Waals surface area (Å²) in [5.41, 5.74) is 1.15. The average molecular weight is 503 g/mol. The van der Waals surface area contributed by atoms with Crippen molar-refractivity contribution in [2.75, 3.05) is 17.8 Å². The summed E-state index contributed by atoms with van der Waals surface area (Å²) < 4.78 is 33.2. The molecule has 2 heterocycles. The summed E-state index contributed by atoms with van der Waals surface area (Å²) in [6.45, 7) is -0.631. The molecular weight excluding hydrogens is 476 g/mol. The van der Waals surface area contributed by atoms with E-state index in [0.29, 0.717) is 17.1 Å². The first-order valence-electron chi connectivity index (χ1n) is 10.6. The Kier molecular flexibility index (Phi) is 7.21. The molecule has 0 amide bonds. The normalized spacial score (nSPS) is 28.3. The predicted octanol–water partition coefficient (Wildman–Crippen LogP) is 1.48. The smallest absolute Gasteiger partial charge is 0.340 e. The molecule has 5 atom stereocenters. The van der Waals surface area contributed by atoms with Gasteiger partial charge in [0.25, 0.3) is 0 Å². The van der Waals surface area contributed by atoms with Crippen LogP contribution in [0.2, 0.25) is 0 Å². The molecule has 6 N–H and O–H groups in total. The van der Waals surface area contributed by atoms with Gasteiger partial charge in [0.2, 0.25) is 0 Å². The number of benzene rings is 1. The van der Waals surface area contributed by atoms with Crippen LogP contribution in [-0.2, 0) is 18.4 Å². The van der Waals surface area contributed by atoms with Crippen LogP contribution < -0.4 is 5.32 Å². The van der Waals surface area contributed by atoms with Crippen LogP contribution in [0.3, 0.4) is 0 Å². The zero-order valence-electron chi connectivity index (χ0n) is 17.6. The largest absolute Gasteiger partial charge is 0.387 e. The van der Waals surface area contributed by atoms with Gasteiger partial charge in [0.1, 0.15) is 36.6 Å². The lowest BCUT2D eigenvalue weighted by Crippen LogP contribution is -2.33. The third-order valence-corrected chi connectivity index (χ3v) is 9.31. The molecular formula is C19H27N3O9P2. The molecule has 1 unspecified atom stereocenters. The van der Waals surface area contributed by atoms with E-state index >= 15 is 0 Å². The Labute approximate surface area is 189 Å². The standard InChI is InChI=1S/C19H27N3O9P2/c23-16-15(8-30-33(28,29)10-32(25,26)27)31-18(17(16)24)11-5-6-13-14(7-11)20-9-21-19(13)22-12-3-1-2-4-12/h5-7,9,12,15-18,23-24H,1-4,8,10H2,(H,28,29)(H,20,21,22)(H2,25,26,27)/t15-,16-,17-,18+/m1/s1. The number of aliphatic hydroxyl groups is 2. The first-order chi connectivity index (χ1) is 15.5. The quantitative estimate of drug-likeness (QED) is 0.285. The van der Waals surface area contributed by atoms with Crippen LogP contribution in [0.5, 0.6) is 0 Å². The molecule has 1 aromatic carbocycles. The van der Waals surface area contributed by atoms with Crippen LogP contribution >= 0.6 is 15.2 Å². The van der Waals surface area contributed by atoms with Gasteiger partial charge in [-0.25, -0.2) is 9.97 Å². The molecule has 1 aliphatic carbocycles. The van der Waals surface area contributed by atoms with Gasteiger partial charge in [-0.3, -0.25) is 9.13 Å². The number of nitrogens with zero attached hydrogens (tertiary/aromatic N) is 2. The highest BCUT2D eigenvalue weighted by atomic mass is 31.2. The second-order valence-electron chi connectivity index (χ2n) is 8.44. The van der Waals surface area contributed by atoms with E-state index in [2.05, 4.69) is 15.3 Å². The van der Waals surface area contributed by atoms with Crippen LogP contribution in [0.4, 0.5) is 5.82 Å². The zero-order chi connectivity index (χ0) is 23.8. The minimum Gasteiger partial charge on any atom is -0.387 e. The molecule has 14 heteroatoms. The number of aromatic nitrogens is 2. The topological polar surface area (TPSA) is 192 Å². The molecule has 2 aliphatic rings. The van der Waals surface area contributed by atoms with Crippen molar-refractivity contribution >= 4 is 31.9 Å². The van der Waals surface area contributed by atoms with Crippen molar-refractivity contribution in [3.63, 3.8) is 0 Å². The fourth-order valence-corrected chi connectivity index (χ4v) is 6.82. The van der Waals surface area contributed by atoms with Crippen LogP contribution in [0.1, 0.15) is 37.4 Å². The molecule has 2 aromatic rings. The summed E-state index contributed by atoms with van der Waals surface area (Å²) in [5.74, 6) is -0.627. The number of rotatable bonds is 8. The number of anilines is 1. The number of ether oxygens (including phenoxy) is 1. The van der Waals surface area contributed by atoms with Crippen LogP contribution in [0.15, 0.2) is 24.5 Å². The second kappa shape index (κ2) is 9.65. The van der Waals surface area contributed by atoms with Gasteiger partial charge in [-0.15, -0.1) is 0 Å². The molecule has 0 spiro atoms. The monoisotopic (exact) mass is 503 g/mol. The van der Waals surface area contributed by atoms with E-state index in [1.165, 1.54) is 19.2 Å². The van der Waals surface area contributed by atoms with E-state index in [1.807, 2.05) is 0 Å². The maximum absolute atomic E-state index is 11.8. The lowest BCUT2D eigenvalue weighted by Gasteiger charge is -2.18. The molecule has 1 saturated carbocycles. The first kappa shape index (κ1) is 24.7. The summed E-state index contributed by atoms with van der Waals surface area (Å²) in [6, 6.07) is 5.61. The van der Waals surface area contributed by atoms with Crippen molar-refractivity contribution < 1.29 is 43.3 Å². The minimum absolute atomic E-state index is 0.367. The molecule has 2 fully saturated rings. The van der Waals surface area contributed by atoms with E-state index in [4.69, 9.17) is 19.0 Å². The van der Waals surface area contributed by atoms with Crippen molar-refractivity contribution in [3.8, 4) is 0 Å². The maximum atomic E-state index is 11.8. The Morgan fingerprint density at radius 2 is 1.82 bits per heavy atom. The number of fused-ring (bicyclic) bond motifs is 1.